The van der Waals surface area contributed by atoms with Gasteiger partial charge in [0.25, 0.3) is 0 Å². The lowest BCUT2D eigenvalue weighted by atomic mass is 9.80. The summed E-state index contributed by atoms with van der Waals surface area (Å²) in [6, 6.07) is 4.82. The van der Waals surface area contributed by atoms with E-state index in [0.717, 1.165) is 24.3 Å². The number of benzene rings is 1. The van der Waals surface area contributed by atoms with Gasteiger partial charge in [-0.15, -0.1) is 0 Å². The number of nitrogens with two attached hydrogens (primary N) is 1. The van der Waals surface area contributed by atoms with E-state index in [4.69, 9.17) is 10.5 Å². The molecular weight excluding hydrogens is 265 g/mol. The van der Waals surface area contributed by atoms with Gasteiger partial charge in [0.05, 0.1) is 19.3 Å². The van der Waals surface area contributed by atoms with Crippen molar-refractivity contribution in [3.63, 3.8) is 0 Å². The van der Waals surface area contributed by atoms with Gasteiger partial charge < -0.3 is 10.5 Å². The first-order valence-electron chi connectivity index (χ1n) is 7.68. The van der Waals surface area contributed by atoms with E-state index in [2.05, 4.69) is 25.7 Å². The zero-order valence-corrected chi connectivity index (χ0v) is 12.9. The van der Waals surface area contributed by atoms with Gasteiger partial charge in [-0.2, -0.15) is 0 Å². The quantitative estimate of drug-likeness (QED) is 0.865. The highest BCUT2D eigenvalue weighted by Gasteiger charge is 2.24. The molecule has 1 aliphatic rings. The van der Waals surface area contributed by atoms with Crippen LogP contribution in [0.5, 0.6) is 0 Å². The van der Waals surface area contributed by atoms with Gasteiger partial charge in [-0.25, -0.2) is 4.39 Å². The maximum atomic E-state index is 13.6. The topological polar surface area (TPSA) is 35.2 Å². The molecule has 2 rings (SSSR count). The molecule has 0 radical (unpaired) electrons. The van der Waals surface area contributed by atoms with Crippen LogP contribution in [0.25, 0.3) is 0 Å². The van der Waals surface area contributed by atoms with E-state index in [-0.39, 0.29) is 18.5 Å². The van der Waals surface area contributed by atoms with Gasteiger partial charge in [-0.05, 0) is 54.9 Å². The number of hydrogen-bond donors (Lipinski definition) is 1. The van der Waals surface area contributed by atoms with Crippen molar-refractivity contribution in [1.82, 2.24) is 0 Å². The summed E-state index contributed by atoms with van der Waals surface area (Å²) in [5, 5.41) is 0. The van der Waals surface area contributed by atoms with Crippen molar-refractivity contribution in [1.29, 1.82) is 0 Å². The van der Waals surface area contributed by atoms with Gasteiger partial charge in [0.15, 0.2) is 0 Å². The van der Waals surface area contributed by atoms with Gasteiger partial charge in [0.1, 0.15) is 5.82 Å². The molecule has 1 aliphatic carbocycles. The van der Waals surface area contributed by atoms with Crippen LogP contribution in [-0.4, -0.2) is 12.6 Å². The molecule has 1 aromatic carbocycles. The minimum Gasteiger partial charge on any atom is -0.374 e. The maximum Gasteiger partial charge on any atom is 0.124 e. The first-order valence-corrected chi connectivity index (χ1v) is 7.68. The zero-order valence-electron chi connectivity index (χ0n) is 12.9. The lowest BCUT2D eigenvalue weighted by Gasteiger charge is -2.32. The van der Waals surface area contributed by atoms with Crippen LogP contribution in [-0.2, 0) is 11.3 Å². The fraction of sp³-hybridized carbons (Fsp3) is 0.556. The largest absolute Gasteiger partial charge is 0.374 e. The Morgan fingerprint density at radius 2 is 2.05 bits per heavy atom. The van der Waals surface area contributed by atoms with Crippen molar-refractivity contribution >= 4 is 0 Å². The van der Waals surface area contributed by atoms with E-state index in [1.54, 1.807) is 0 Å². The Balaban J connectivity index is 1.95. The molecule has 3 atom stereocenters. The third kappa shape index (κ3) is 4.84. The fourth-order valence-electron chi connectivity index (χ4n) is 2.82. The molecule has 0 aliphatic heterocycles. The molecule has 1 aromatic rings. The van der Waals surface area contributed by atoms with Crippen molar-refractivity contribution in [3.05, 3.63) is 35.1 Å². The minimum absolute atomic E-state index is 0.275. The van der Waals surface area contributed by atoms with Gasteiger partial charge in [0.2, 0.25) is 0 Å². The Bertz CT molecular complexity index is 532. The van der Waals surface area contributed by atoms with E-state index in [1.165, 1.54) is 18.6 Å². The van der Waals surface area contributed by atoms with Crippen molar-refractivity contribution in [2.24, 2.45) is 17.6 Å². The molecule has 0 amide bonds. The summed E-state index contributed by atoms with van der Waals surface area (Å²) in [4.78, 5) is 0. The highest BCUT2D eigenvalue weighted by molar-refractivity contribution is 5.37. The molecule has 0 bridgehead atoms. The molecule has 0 heterocycles. The molecule has 1 fully saturated rings. The van der Waals surface area contributed by atoms with Gasteiger partial charge in [0, 0.05) is 5.56 Å². The Kier molecular flexibility index (Phi) is 5.78. The van der Waals surface area contributed by atoms with E-state index in [9.17, 15) is 4.39 Å². The van der Waals surface area contributed by atoms with Crippen molar-refractivity contribution in [2.75, 3.05) is 6.54 Å². The Morgan fingerprint density at radius 3 is 2.76 bits per heavy atom. The molecule has 0 aromatic heterocycles. The molecule has 3 unspecified atom stereocenters. The lowest BCUT2D eigenvalue weighted by Crippen LogP contribution is -2.26. The maximum absolute atomic E-state index is 13.6. The average Bonchev–Trinajstić information content (AvgIpc) is 2.46. The van der Waals surface area contributed by atoms with E-state index in [1.807, 2.05) is 6.07 Å². The van der Waals surface area contributed by atoms with Crippen LogP contribution in [0.1, 0.15) is 44.2 Å². The highest BCUT2D eigenvalue weighted by atomic mass is 19.1. The lowest BCUT2D eigenvalue weighted by molar-refractivity contribution is -0.00753. The van der Waals surface area contributed by atoms with Gasteiger partial charge in [-0.1, -0.05) is 25.7 Å². The van der Waals surface area contributed by atoms with Gasteiger partial charge >= 0.3 is 0 Å². The van der Waals surface area contributed by atoms with Crippen LogP contribution in [0.2, 0.25) is 0 Å². The Morgan fingerprint density at radius 1 is 1.24 bits per heavy atom. The van der Waals surface area contributed by atoms with Crippen molar-refractivity contribution in [3.8, 4) is 11.8 Å². The summed E-state index contributed by atoms with van der Waals surface area (Å²) < 4.78 is 19.5. The molecule has 2 N–H and O–H groups in total. The Hall–Kier alpha value is -1.37. The van der Waals surface area contributed by atoms with Crippen molar-refractivity contribution in [2.45, 2.75) is 45.8 Å². The van der Waals surface area contributed by atoms with E-state index < -0.39 is 0 Å². The molecule has 2 nitrogen and oxygen atoms in total. The number of halogens is 1. The Labute approximate surface area is 126 Å². The van der Waals surface area contributed by atoms with Crippen LogP contribution < -0.4 is 5.73 Å². The number of hydrogen-bond acceptors (Lipinski definition) is 2. The van der Waals surface area contributed by atoms with E-state index in [0.29, 0.717) is 18.1 Å². The predicted octanol–water partition coefficient (Wildman–Crippen LogP) is 3.48. The third-order valence-corrected chi connectivity index (χ3v) is 4.33. The van der Waals surface area contributed by atoms with Gasteiger partial charge in [-0.3, -0.25) is 0 Å². The predicted molar refractivity (Wildman–Crippen MR) is 83.1 cm³/mol. The summed E-state index contributed by atoms with van der Waals surface area (Å²) in [5.74, 6) is 6.81. The van der Waals surface area contributed by atoms with Crippen LogP contribution in [0.4, 0.5) is 4.39 Å². The molecule has 114 valence electrons. The number of ether oxygens (including phenoxy) is 1. The second-order valence-electron chi connectivity index (χ2n) is 6.05. The third-order valence-electron chi connectivity index (χ3n) is 4.33. The normalized spacial score (nSPS) is 25.2. The SMILES string of the molecule is CC1CCC(OCc2cc(F)cc(C#CCN)c2)CC1C. The molecule has 0 spiro atoms. The van der Waals surface area contributed by atoms with Crippen molar-refractivity contribution < 1.29 is 9.13 Å². The van der Waals surface area contributed by atoms with Crippen LogP contribution in [0, 0.1) is 29.5 Å². The average molecular weight is 289 g/mol. The second kappa shape index (κ2) is 7.59. The summed E-state index contributed by atoms with van der Waals surface area (Å²) in [6.07, 6.45) is 3.69. The smallest absolute Gasteiger partial charge is 0.124 e. The molecule has 3 heteroatoms. The first-order chi connectivity index (χ1) is 10.1. The minimum atomic E-state index is -0.275. The zero-order chi connectivity index (χ0) is 15.2. The standard InChI is InChI=1S/C18H24FNO/c1-13-5-6-18(8-14(13)2)21-12-16-9-15(4-3-7-20)10-17(19)11-16/h9-11,13-14,18H,5-8,12,20H2,1-2H3. The van der Waals surface area contributed by atoms with Crippen LogP contribution in [0.3, 0.4) is 0 Å². The van der Waals surface area contributed by atoms with Crippen LogP contribution in [0.15, 0.2) is 18.2 Å². The van der Waals surface area contributed by atoms with E-state index >= 15 is 0 Å². The number of rotatable bonds is 3. The summed E-state index contributed by atoms with van der Waals surface area (Å²) in [7, 11) is 0. The molecule has 1 saturated carbocycles. The summed E-state index contributed by atoms with van der Waals surface area (Å²) in [6.45, 7) is 5.31. The second-order valence-corrected chi connectivity index (χ2v) is 6.05. The molecular formula is C18H24FNO. The van der Waals surface area contributed by atoms with Crippen LogP contribution >= 0.6 is 0 Å². The summed E-state index contributed by atoms with van der Waals surface area (Å²) in [5.41, 5.74) is 6.83. The molecule has 21 heavy (non-hydrogen) atoms. The summed E-state index contributed by atoms with van der Waals surface area (Å²) >= 11 is 0. The molecule has 0 saturated heterocycles. The monoisotopic (exact) mass is 289 g/mol. The first kappa shape index (κ1) is 16.0. The fourth-order valence-corrected chi connectivity index (χ4v) is 2.82. The highest BCUT2D eigenvalue weighted by Crippen LogP contribution is 2.31.